The van der Waals surface area contributed by atoms with E-state index in [1.165, 1.54) is 0 Å². The third kappa shape index (κ3) is 4.04. The Balaban J connectivity index is 1.81. The van der Waals surface area contributed by atoms with Crippen LogP contribution >= 0.6 is 11.6 Å². The molecule has 1 aromatic heterocycles. The molecule has 1 aromatic carbocycles. The van der Waals surface area contributed by atoms with Crippen molar-refractivity contribution in [2.45, 2.75) is 13.0 Å². The molecule has 1 heterocycles. The number of amides is 1. The largest absolute Gasteiger partial charge is 0.350 e. The summed E-state index contributed by atoms with van der Waals surface area (Å²) in [5.41, 5.74) is 6.82. The van der Waals surface area contributed by atoms with Crippen LogP contribution in [0.4, 0.5) is 0 Å². The predicted octanol–water partition coefficient (Wildman–Crippen LogP) is 0.863. The first-order valence-corrected chi connectivity index (χ1v) is 6.69. The zero-order chi connectivity index (χ0) is 14.4. The van der Waals surface area contributed by atoms with Gasteiger partial charge in [0.1, 0.15) is 0 Å². The van der Waals surface area contributed by atoms with Gasteiger partial charge in [0.15, 0.2) is 5.69 Å². The molecule has 2 rings (SSSR count). The minimum atomic E-state index is -0.234. The summed E-state index contributed by atoms with van der Waals surface area (Å²) >= 11 is 5.81. The molecule has 0 fully saturated rings. The van der Waals surface area contributed by atoms with Gasteiger partial charge in [-0.1, -0.05) is 28.9 Å². The Bertz CT molecular complexity index is 566. The molecule has 0 aliphatic heterocycles. The van der Waals surface area contributed by atoms with Crippen LogP contribution in [0.25, 0.3) is 0 Å². The van der Waals surface area contributed by atoms with E-state index < -0.39 is 0 Å². The second-order valence-electron chi connectivity index (χ2n) is 4.29. The molecular formula is C13H16ClN5O. The lowest BCUT2D eigenvalue weighted by atomic mass is 10.1. The number of nitrogens with two attached hydrogens (primary N) is 1. The van der Waals surface area contributed by atoms with Crippen molar-refractivity contribution in [1.29, 1.82) is 0 Å². The molecule has 1 amide bonds. The summed E-state index contributed by atoms with van der Waals surface area (Å²) in [5.74, 6) is -0.234. The Morgan fingerprint density at radius 1 is 1.35 bits per heavy atom. The Morgan fingerprint density at radius 3 is 2.80 bits per heavy atom. The van der Waals surface area contributed by atoms with Gasteiger partial charge in [-0.2, -0.15) is 0 Å². The van der Waals surface area contributed by atoms with Gasteiger partial charge in [-0.25, -0.2) is 0 Å². The third-order valence-electron chi connectivity index (χ3n) is 2.74. The van der Waals surface area contributed by atoms with Crippen LogP contribution in [0.15, 0.2) is 30.5 Å². The van der Waals surface area contributed by atoms with Crippen LogP contribution in [0.3, 0.4) is 0 Å². The van der Waals surface area contributed by atoms with Crippen LogP contribution in [0.2, 0.25) is 5.02 Å². The molecular weight excluding hydrogens is 278 g/mol. The molecule has 2 aromatic rings. The highest BCUT2D eigenvalue weighted by Crippen LogP contribution is 2.09. The number of halogens is 1. The number of rotatable bonds is 6. The molecule has 6 nitrogen and oxygen atoms in total. The molecule has 0 aliphatic carbocycles. The molecule has 0 saturated carbocycles. The average Bonchev–Trinajstić information content (AvgIpc) is 2.90. The number of aromatic nitrogens is 3. The fraction of sp³-hybridized carbons (Fsp3) is 0.308. The van der Waals surface area contributed by atoms with Crippen LogP contribution in [-0.2, 0) is 13.0 Å². The standard InChI is InChI=1S/C13H16ClN5O/c14-11-3-1-10(2-4-11)5-7-16-13(20)12-9-19(8-6-15)18-17-12/h1-4,9H,5-8,15H2,(H,16,20). The van der Waals surface area contributed by atoms with Crippen molar-refractivity contribution in [3.05, 3.63) is 46.7 Å². The maximum atomic E-state index is 11.8. The highest BCUT2D eigenvalue weighted by atomic mass is 35.5. The van der Waals surface area contributed by atoms with Crippen LogP contribution in [0, 0.1) is 0 Å². The van der Waals surface area contributed by atoms with Gasteiger partial charge < -0.3 is 11.1 Å². The van der Waals surface area contributed by atoms with Crippen molar-refractivity contribution in [2.75, 3.05) is 13.1 Å². The van der Waals surface area contributed by atoms with Gasteiger partial charge in [0.25, 0.3) is 5.91 Å². The quantitative estimate of drug-likeness (QED) is 0.827. The Kier molecular flexibility index (Phi) is 5.09. The topological polar surface area (TPSA) is 85.8 Å². The van der Waals surface area contributed by atoms with Crippen LogP contribution in [0.5, 0.6) is 0 Å². The Labute approximate surface area is 121 Å². The number of hydrogen-bond donors (Lipinski definition) is 2. The van der Waals surface area contributed by atoms with E-state index in [-0.39, 0.29) is 5.91 Å². The van der Waals surface area contributed by atoms with E-state index in [1.807, 2.05) is 24.3 Å². The van der Waals surface area contributed by atoms with Crippen molar-refractivity contribution in [3.8, 4) is 0 Å². The summed E-state index contributed by atoms with van der Waals surface area (Å²) in [4.78, 5) is 11.8. The van der Waals surface area contributed by atoms with Crippen LogP contribution in [-0.4, -0.2) is 34.0 Å². The molecule has 0 unspecified atom stereocenters. The molecule has 106 valence electrons. The van der Waals surface area contributed by atoms with E-state index in [0.717, 1.165) is 12.0 Å². The lowest BCUT2D eigenvalue weighted by molar-refractivity contribution is 0.0949. The van der Waals surface area contributed by atoms with Gasteiger partial charge in [0.2, 0.25) is 0 Å². The summed E-state index contributed by atoms with van der Waals surface area (Å²) < 4.78 is 1.55. The molecule has 20 heavy (non-hydrogen) atoms. The van der Waals surface area contributed by atoms with Gasteiger partial charge in [0.05, 0.1) is 12.7 Å². The first kappa shape index (κ1) is 14.5. The van der Waals surface area contributed by atoms with E-state index in [4.69, 9.17) is 17.3 Å². The van der Waals surface area contributed by atoms with Crippen molar-refractivity contribution < 1.29 is 4.79 Å². The molecule has 0 radical (unpaired) electrons. The summed E-state index contributed by atoms with van der Waals surface area (Å²) in [6.07, 6.45) is 2.32. The number of nitrogens with one attached hydrogen (secondary N) is 1. The maximum absolute atomic E-state index is 11.8. The van der Waals surface area contributed by atoms with Gasteiger partial charge in [-0.05, 0) is 24.1 Å². The number of carbonyl (C=O) groups excluding carboxylic acids is 1. The second-order valence-corrected chi connectivity index (χ2v) is 4.72. The number of carbonyl (C=O) groups is 1. The smallest absolute Gasteiger partial charge is 0.273 e. The Morgan fingerprint density at radius 2 is 2.10 bits per heavy atom. The van der Waals surface area contributed by atoms with Gasteiger partial charge in [0, 0.05) is 18.1 Å². The van der Waals surface area contributed by atoms with Crippen molar-refractivity contribution >= 4 is 17.5 Å². The zero-order valence-corrected chi connectivity index (χ0v) is 11.7. The minimum Gasteiger partial charge on any atom is -0.350 e. The van der Waals surface area contributed by atoms with E-state index in [0.29, 0.717) is 30.4 Å². The molecule has 0 atom stereocenters. The fourth-order valence-electron chi connectivity index (χ4n) is 1.71. The van der Waals surface area contributed by atoms with Gasteiger partial charge in [-0.15, -0.1) is 5.10 Å². The highest BCUT2D eigenvalue weighted by molar-refractivity contribution is 6.30. The Hall–Kier alpha value is -1.92. The molecule has 0 spiro atoms. The lowest BCUT2D eigenvalue weighted by Gasteiger charge is -2.03. The first-order chi connectivity index (χ1) is 9.69. The summed E-state index contributed by atoms with van der Waals surface area (Å²) in [6.45, 7) is 1.54. The maximum Gasteiger partial charge on any atom is 0.273 e. The average molecular weight is 294 g/mol. The first-order valence-electron chi connectivity index (χ1n) is 6.32. The van der Waals surface area contributed by atoms with Crippen LogP contribution in [0.1, 0.15) is 16.1 Å². The zero-order valence-electron chi connectivity index (χ0n) is 10.9. The van der Waals surface area contributed by atoms with Gasteiger partial charge >= 0.3 is 0 Å². The van der Waals surface area contributed by atoms with E-state index >= 15 is 0 Å². The molecule has 0 bridgehead atoms. The summed E-state index contributed by atoms with van der Waals surface area (Å²) in [5, 5.41) is 11.1. The molecule has 7 heteroatoms. The number of nitrogens with zero attached hydrogens (tertiary/aromatic N) is 3. The van der Waals surface area contributed by atoms with E-state index in [9.17, 15) is 4.79 Å². The SMILES string of the molecule is NCCn1cc(C(=O)NCCc2ccc(Cl)cc2)nn1. The fourth-order valence-corrected chi connectivity index (χ4v) is 1.83. The minimum absolute atomic E-state index is 0.234. The van der Waals surface area contributed by atoms with Crippen molar-refractivity contribution in [3.63, 3.8) is 0 Å². The summed E-state index contributed by atoms with van der Waals surface area (Å²) in [6, 6.07) is 7.53. The lowest BCUT2D eigenvalue weighted by Crippen LogP contribution is -2.26. The number of hydrogen-bond acceptors (Lipinski definition) is 4. The monoisotopic (exact) mass is 293 g/mol. The summed E-state index contributed by atoms with van der Waals surface area (Å²) in [7, 11) is 0. The van der Waals surface area contributed by atoms with E-state index in [1.54, 1.807) is 10.9 Å². The molecule has 3 N–H and O–H groups in total. The molecule has 0 aliphatic rings. The highest BCUT2D eigenvalue weighted by Gasteiger charge is 2.09. The second kappa shape index (κ2) is 7.02. The normalized spacial score (nSPS) is 10.5. The van der Waals surface area contributed by atoms with Crippen LogP contribution < -0.4 is 11.1 Å². The van der Waals surface area contributed by atoms with Crippen molar-refractivity contribution in [1.82, 2.24) is 20.3 Å². The van der Waals surface area contributed by atoms with Gasteiger partial charge in [-0.3, -0.25) is 9.48 Å². The molecule has 0 saturated heterocycles. The third-order valence-corrected chi connectivity index (χ3v) is 2.99. The predicted molar refractivity (Wildman–Crippen MR) is 76.6 cm³/mol. The van der Waals surface area contributed by atoms with Crippen molar-refractivity contribution in [2.24, 2.45) is 5.73 Å². The number of benzene rings is 1. The van der Waals surface area contributed by atoms with E-state index in [2.05, 4.69) is 15.6 Å².